The average Bonchev–Trinajstić information content (AvgIpc) is 2.73. The fourth-order valence-corrected chi connectivity index (χ4v) is 2.02. The minimum atomic E-state index is -0.569. The van der Waals surface area contributed by atoms with Gasteiger partial charge in [0.15, 0.2) is 5.76 Å². The Morgan fingerprint density at radius 3 is 2.39 bits per heavy atom. The Kier molecular flexibility index (Phi) is 4.12. The third-order valence-electron chi connectivity index (χ3n) is 3.11. The molecule has 1 aromatic rings. The molecule has 0 amide bonds. The van der Waals surface area contributed by atoms with Crippen LogP contribution in [0.25, 0.3) is 0 Å². The molecule has 0 unspecified atom stereocenters. The second-order valence-corrected chi connectivity index (χ2v) is 4.30. The second kappa shape index (κ2) is 5.80. The molecule has 1 aromatic carbocycles. The van der Waals surface area contributed by atoms with Gasteiger partial charge in [-0.05, 0) is 11.6 Å². The van der Waals surface area contributed by atoms with Crippen LogP contribution in [0.1, 0.15) is 5.56 Å². The molecule has 1 aliphatic rings. The lowest BCUT2D eigenvalue weighted by molar-refractivity contribution is -0.124. The summed E-state index contributed by atoms with van der Waals surface area (Å²) in [5, 5.41) is 18.2. The van der Waals surface area contributed by atoms with Crippen LogP contribution < -0.4 is 0 Å². The number of carbonyl (C=O) groups excluding carboxylic acids is 1. The van der Waals surface area contributed by atoms with Gasteiger partial charge in [0.1, 0.15) is 6.61 Å². The molecule has 2 N–H and O–H groups in total. The normalized spacial score (nSPS) is 23.0. The SMILES string of the molecule is O=C1C(OCc2ccccc2)=C[C@@H](CO)[C@@H]1CO. The van der Waals surface area contributed by atoms with Crippen LogP contribution in [-0.4, -0.2) is 29.2 Å². The van der Waals surface area contributed by atoms with Crippen molar-refractivity contribution in [2.75, 3.05) is 13.2 Å². The van der Waals surface area contributed by atoms with E-state index in [1.54, 1.807) is 6.08 Å². The fraction of sp³-hybridized carbons (Fsp3) is 0.357. The monoisotopic (exact) mass is 248 g/mol. The number of carbonyl (C=O) groups is 1. The lowest BCUT2D eigenvalue weighted by Gasteiger charge is -2.11. The third kappa shape index (κ3) is 2.60. The first-order valence-electron chi connectivity index (χ1n) is 5.90. The smallest absolute Gasteiger partial charge is 0.203 e. The molecule has 0 heterocycles. The molecule has 0 spiro atoms. The van der Waals surface area contributed by atoms with Gasteiger partial charge < -0.3 is 14.9 Å². The number of rotatable bonds is 5. The topological polar surface area (TPSA) is 66.8 Å². The third-order valence-corrected chi connectivity index (χ3v) is 3.11. The Hall–Kier alpha value is -1.65. The summed E-state index contributed by atoms with van der Waals surface area (Å²) in [5.74, 6) is -0.890. The number of aliphatic hydroxyl groups excluding tert-OH is 2. The van der Waals surface area contributed by atoms with Gasteiger partial charge >= 0.3 is 0 Å². The highest BCUT2D eigenvalue weighted by Crippen LogP contribution is 2.28. The van der Waals surface area contributed by atoms with Crippen LogP contribution in [-0.2, 0) is 16.1 Å². The van der Waals surface area contributed by atoms with E-state index >= 15 is 0 Å². The predicted molar refractivity (Wildman–Crippen MR) is 65.5 cm³/mol. The van der Waals surface area contributed by atoms with E-state index in [-0.39, 0.29) is 30.7 Å². The summed E-state index contributed by atoms with van der Waals surface area (Å²) in [5.41, 5.74) is 0.971. The number of Topliss-reactive ketones (excluding diaryl/α,β-unsaturated/α-hetero) is 1. The van der Waals surface area contributed by atoms with Crippen LogP contribution >= 0.6 is 0 Å². The van der Waals surface area contributed by atoms with Gasteiger partial charge in [-0.15, -0.1) is 0 Å². The summed E-state index contributed by atoms with van der Waals surface area (Å²) >= 11 is 0. The molecule has 0 radical (unpaired) electrons. The quantitative estimate of drug-likeness (QED) is 0.812. The number of ether oxygens (including phenoxy) is 1. The maximum absolute atomic E-state index is 11.9. The Morgan fingerprint density at radius 1 is 1.11 bits per heavy atom. The van der Waals surface area contributed by atoms with Gasteiger partial charge in [-0.3, -0.25) is 4.79 Å². The molecule has 18 heavy (non-hydrogen) atoms. The van der Waals surface area contributed by atoms with E-state index in [1.807, 2.05) is 30.3 Å². The second-order valence-electron chi connectivity index (χ2n) is 4.30. The van der Waals surface area contributed by atoms with E-state index in [1.165, 1.54) is 0 Å². The zero-order chi connectivity index (χ0) is 13.0. The van der Waals surface area contributed by atoms with E-state index in [9.17, 15) is 4.79 Å². The van der Waals surface area contributed by atoms with Gasteiger partial charge in [0, 0.05) is 5.92 Å². The summed E-state index contributed by atoms with van der Waals surface area (Å²) in [6, 6.07) is 9.53. The Morgan fingerprint density at radius 2 is 1.83 bits per heavy atom. The van der Waals surface area contributed by atoms with Crippen molar-refractivity contribution in [2.45, 2.75) is 6.61 Å². The highest BCUT2D eigenvalue weighted by molar-refractivity contribution is 5.98. The van der Waals surface area contributed by atoms with Gasteiger partial charge in [0.2, 0.25) is 5.78 Å². The van der Waals surface area contributed by atoms with Crippen molar-refractivity contribution < 1.29 is 19.7 Å². The maximum Gasteiger partial charge on any atom is 0.203 e. The first kappa shape index (κ1) is 12.8. The molecule has 96 valence electrons. The van der Waals surface area contributed by atoms with Crippen molar-refractivity contribution in [3.63, 3.8) is 0 Å². The molecule has 4 heteroatoms. The molecule has 0 saturated carbocycles. The molecule has 0 bridgehead atoms. The van der Waals surface area contributed by atoms with Gasteiger partial charge in [0.25, 0.3) is 0 Å². The molecule has 2 atom stereocenters. The lowest BCUT2D eigenvalue weighted by Crippen LogP contribution is -2.23. The largest absolute Gasteiger partial charge is 0.485 e. The van der Waals surface area contributed by atoms with Crippen molar-refractivity contribution >= 4 is 5.78 Å². The standard InChI is InChI=1S/C14H16O4/c15-7-11-6-13(14(17)12(11)8-16)18-9-10-4-2-1-3-5-10/h1-6,11-12,15-16H,7-9H2/t11-,12-/m0/s1. The minimum absolute atomic E-state index is 0.158. The zero-order valence-corrected chi connectivity index (χ0v) is 9.95. The van der Waals surface area contributed by atoms with Crippen molar-refractivity contribution in [1.82, 2.24) is 0 Å². The number of hydrogen-bond acceptors (Lipinski definition) is 4. The summed E-state index contributed by atoms with van der Waals surface area (Å²) < 4.78 is 5.45. The Balaban J connectivity index is 2.00. The van der Waals surface area contributed by atoms with Gasteiger partial charge in [0.05, 0.1) is 19.1 Å². The molecule has 0 aromatic heterocycles. The van der Waals surface area contributed by atoms with E-state index in [2.05, 4.69) is 0 Å². The first-order chi connectivity index (χ1) is 8.76. The maximum atomic E-state index is 11.9. The fourth-order valence-electron chi connectivity index (χ4n) is 2.02. The van der Waals surface area contributed by atoms with Crippen molar-refractivity contribution in [1.29, 1.82) is 0 Å². The summed E-state index contributed by atoms with van der Waals surface area (Å²) in [6.07, 6.45) is 1.60. The summed E-state index contributed by atoms with van der Waals surface area (Å²) in [7, 11) is 0. The lowest BCUT2D eigenvalue weighted by atomic mass is 9.97. The number of hydrogen-bond donors (Lipinski definition) is 2. The number of ketones is 1. The average molecular weight is 248 g/mol. The van der Waals surface area contributed by atoms with Crippen LogP contribution in [0.2, 0.25) is 0 Å². The number of aliphatic hydroxyl groups is 2. The Bertz CT molecular complexity index is 438. The van der Waals surface area contributed by atoms with Crippen LogP contribution in [0.15, 0.2) is 42.2 Å². The van der Waals surface area contributed by atoms with Gasteiger partial charge in [-0.1, -0.05) is 30.3 Å². The van der Waals surface area contributed by atoms with Crippen LogP contribution in [0.3, 0.4) is 0 Å². The van der Waals surface area contributed by atoms with E-state index in [4.69, 9.17) is 14.9 Å². The van der Waals surface area contributed by atoms with Crippen LogP contribution in [0, 0.1) is 11.8 Å². The molecule has 4 nitrogen and oxygen atoms in total. The molecule has 1 aliphatic carbocycles. The van der Waals surface area contributed by atoms with E-state index in [0.717, 1.165) is 5.56 Å². The summed E-state index contributed by atoms with van der Waals surface area (Å²) in [6.45, 7) is -0.109. The number of benzene rings is 1. The van der Waals surface area contributed by atoms with E-state index in [0.29, 0.717) is 6.61 Å². The predicted octanol–water partition coefficient (Wildman–Crippen LogP) is 0.887. The zero-order valence-electron chi connectivity index (χ0n) is 9.95. The minimum Gasteiger partial charge on any atom is -0.485 e. The van der Waals surface area contributed by atoms with Crippen LogP contribution in [0.5, 0.6) is 0 Å². The molecule has 0 aliphatic heterocycles. The molecular formula is C14H16O4. The molecule has 0 saturated heterocycles. The highest BCUT2D eigenvalue weighted by atomic mass is 16.5. The number of allylic oxidation sites excluding steroid dienone is 1. The molecule has 2 rings (SSSR count). The Labute approximate surface area is 106 Å². The van der Waals surface area contributed by atoms with Crippen molar-refractivity contribution in [3.05, 3.63) is 47.7 Å². The highest BCUT2D eigenvalue weighted by Gasteiger charge is 2.36. The molecular weight excluding hydrogens is 232 g/mol. The van der Waals surface area contributed by atoms with Gasteiger partial charge in [-0.2, -0.15) is 0 Å². The summed E-state index contributed by atoms with van der Waals surface area (Å²) in [4.78, 5) is 11.9. The first-order valence-corrected chi connectivity index (χ1v) is 5.90. The molecule has 0 fully saturated rings. The van der Waals surface area contributed by atoms with Crippen molar-refractivity contribution in [2.24, 2.45) is 11.8 Å². The van der Waals surface area contributed by atoms with E-state index < -0.39 is 5.92 Å². The van der Waals surface area contributed by atoms with Crippen molar-refractivity contribution in [3.8, 4) is 0 Å². The van der Waals surface area contributed by atoms with Gasteiger partial charge in [-0.25, -0.2) is 0 Å². The van der Waals surface area contributed by atoms with Crippen LogP contribution in [0.4, 0.5) is 0 Å².